The molecule has 0 saturated heterocycles. The zero-order valence-electron chi connectivity index (χ0n) is 14.7. The lowest BCUT2D eigenvalue weighted by Crippen LogP contribution is -2.37. The van der Waals surface area contributed by atoms with Gasteiger partial charge in [-0.05, 0) is 55.7 Å². The minimum Gasteiger partial charge on any atom is -0.495 e. The van der Waals surface area contributed by atoms with Crippen molar-refractivity contribution < 1.29 is 14.3 Å². The molecule has 25 heavy (non-hydrogen) atoms. The van der Waals surface area contributed by atoms with Gasteiger partial charge in [0.25, 0.3) is 0 Å². The van der Waals surface area contributed by atoms with Crippen molar-refractivity contribution in [2.75, 3.05) is 30.9 Å². The van der Waals surface area contributed by atoms with E-state index in [1.54, 1.807) is 18.9 Å². The standard InChI is InChI=1S/C20H23NO3S/c1-3-24-16-9-11-17(12-10-16)25-14-19(22)21-13-5-7-15-6-4-8-18(23-2)20(15)21/h4,6,8-12H,3,5,7,13-14H2,1-2H3. The molecule has 1 amide bonds. The zero-order chi connectivity index (χ0) is 17.6. The van der Waals surface area contributed by atoms with Crippen LogP contribution < -0.4 is 14.4 Å². The highest BCUT2D eigenvalue weighted by Gasteiger charge is 2.25. The van der Waals surface area contributed by atoms with Crippen LogP contribution in [0.2, 0.25) is 0 Å². The summed E-state index contributed by atoms with van der Waals surface area (Å²) in [5.74, 6) is 2.15. The van der Waals surface area contributed by atoms with Crippen molar-refractivity contribution in [2.24, 2.45) is 0 Å². The third kappa shape index (κ3) is 4.10. The molecule has 0 unspecified atom stereocenters. The third-order valence-corrected chi connectivity index (χ3v) is 5.20. The van der Waals surface area contributed by atoms with Crippen LogP contribution in [0.25, 0.3) is 0 Å². The number of para-hydroxylation sites is 1. The molecular formula is C20H23NO3S. The molecule has 3 rings (SSSR count). The van der Waals surface area contributed by atoms with Gasteiger partial charge in [-0.1, -0.05) is 12.1 Å². The number of carbonyl (C=O) groups is 1. The summed E-state index contributed by atoms with van der Waals surface area (Å²) in [4.78, 5) is 15.7. The van der Waals surface area contributed by atoms with Gasteiger partial charge in [0.2, 0.25) is 5.91 Å². The number of carbonyl (C=O) groups excluding carboxylic acids is 1. The van der Waals surface area contributed by atoms with Crippen LogP contribution in [0.3, 0.4) is 0 Å². The number of benzene rings is 2. The van der Waals surface area contributed by atoms with Gasteiger partial charge in [-0.25, -0.2) is 0 Å². The van der Waals surface area contributed by atoms with Gasteiger partial charge < -0.3 is 14.4 Å². The molecular weight excluding hydrogens is 334 g/mol. The van der Waals surface area contributed by atoms with E-state index in [1.807, 2.05) is 48.2 Å². The second-order valence-electron chi connectivity index (χ2n) is 5.81. The van der Waals surface area contributed by atoms with Gasteiger partial charge in [0.15, 0.2) is 0 Å². The molecule has 0 radical (unpaired) electrons. The number of nitrogens with zero attached hydrogens (tertiary/aromatic N) is 1. The highest BCUT2D eigenvalue weighted by molar-refractivity contribution is 8.00. The Morgan fingerprint density at radius 2 is 2.00 bits per heavy atom. The van der Waals surface area contributed by atoms with Gasteiger partial charge in [-0.2, -0.15) is 0 Å². The highest BCUT2D eigenvalue weighted by Crippen LogP contribution is 2.36. The van der Waals surface area contributed by atoms with Crippen LogP contribution >= 0.6 is 11.8 Å². The Morgan fingerprint density at radius 1 is 1.20 bits per heavy atom. The number of methoxy groups -OCH3 is 1. The molecule has 0 N–H and O–H groups in total. The molecule has 1 aliphatic heterocycles. The molecule has 0 saturated carbocycles. The number of thioether (sulfide) groups is 1. The fourth-order valence-electron chi connectivity index (χ4n) is 3.05. The summed E-state index contributed by atoms with van der Waals surface area (Å²) < 4.78 is 10.9. The minimum atomic E-state index is 0.115. The maximum Gasteiger partial charge on any atom is 0.237 e. The number of anilines is 1. The molecule has 2 aromatic carbocycles. The summed E-state index contributed by atoms with van der Waals surface area (Å²) >= 11 is 1.55. The predicted molar refractivity (Wildman–Crippen MR) is 102 cm³/mol. The van der Waals surface area contributed by atoms with Crippen molar-refractivity contribution in [3.8, 4) is 11.5 Å². The van der Waals surface area contributed by atoms with E-state index < -0.39 is 0 Å². The molecule has 132 valence electrons. The number of amides is 1. The number of rotatable bonds is 6. The van der Waals surface area contributed by atoms with E-state index in [4.69, 9.17) is 9.47 Å². The Bertz CT molecular complexity index is 716. The molecule has 2 aromatic rings. The molecule has 4 nitrogen and oxygen atoms in total. The smallest absolute Gasteiger partial charge is 0.237 e. The first-order valence-corrected chi connectivity index (χ1v) is 9.53. The molecule has 1 heterocycles. The van der Waals surface area contributed by atoms with E-state index in [2.05, 4.69) is 6.07 Å². The van der Waals surface area contributed by atoms with Crippen molar-refractivity contribution in [3.63, 3.8) is 0 Å². The lowest BCUT2D eigenvalue weighted by molar-refractivity contribution is -0.116. The van der Waals surface area contributed by atoms with Gasteiger partial charge in [0, 0.05) is 11.4 Å². The predicted octanol–water partition coefficient (Wildman–Crippen LogP) is 4.17. The molecule has 1 aliphatic rings. The normalized spacial score (nSPS) is 13.3. The Labute approximate surface area is 153 Å². The average Bonchev–Trinajstić information content (AvgIpc) is 2.66. The number of hydrogen-bond donors (Lipinski definition) is 0. The fraction of sp³-hybridized carbons (Fsp3) is 0.350. The van der Waals surface area contributed by atoms with Crippen LogP contribution in [0.5, 0.6) is 11.5 Å². The molecule has 0 atom stereocenters. The Morgan fingerprint density at radius 3 is 2.72 bits per heavy atom. The Kier molecular flexibility index (Phi) is 5.87. The maximum absolute atomic E-state index is 12.8. The van der Waals surface area contributed by atoms with Gasteiger partial charge in [0.05, 0.1) is 25.2 Å². The van der Waals surface area contributed by atoms with E-state index in [0.717, 1.165) is 41.5 Å². The van der Waals surface area contributed by atoms with E-state index in [-0.39, 0.29) is 5.91 Å². The van der Waals surface area contributed by atoms with Gasteiger partial charge >= 0.3 is 0 Å². The first-order chi connectivity index (χ1) is 12.2. The van der Waals surface area contributed by atoms with E-state index >= 15 is 0 Å². The third-order valence-electron chi connectivity index (χ3n) is 4.20. The lowest BCUT2D eigenvalue weighted by atomic mass is 10.0. The number of hydrogen-bond acceptors (Lipinski definition) is 4. The van der Waals surface area contributed by atoms with Gasteiger partial charge in [0.1, 0.15) is 11.5 Å². The van der Waals surface area contributed by atoms with Crippen molar-refractivity contribution in [3.05, 3.63) is 48.0 Å². The fourth-order valence-corrected chi connectivity index (χ4v) is 3.83. The average molecular weight is 357 g/mol. The van der Waals surface area contributed by atoms with E-state index in [1.165, 1.54) is 5.56 Å². The maximum atomic E-state index is 12.8. The molecule has 0 aliphatic carbocycles. The Balaban J connectivity index is 1.68. The van der Waals surface area contributed by atoms with Gasteiger partial charge in [-0.15, -0.1) is 11.8 Å². The van der Waals surface area contributed by atoms with Crippen LogP contribution in [0, 0.1) is 0 Å². The van der Waals surface area contributed by atoms with Crippen molar-refractivity contribution in [2.45, 2.75) is 24.7 Å². The summed E-state index contributed by atoms with van der Waals surface area (Å²) in [5.41, 5.74) is 2.12. The summed E-state index contributed by atoms with van der Waals surface area (Å²) in [6.45, 7) is 3.36. The summed E-state index contributed by atoms with van der Waals surface area (Å²) in [5, 5.41) is 0. The van der Waals surface area contributed by atoms with Crippen LogP contribution in [-0.4, -0.2) is 31.9 Å². The number of fused-ring (bicyclic) bond motifs is 1. The lowest BCUT2D eigenvalue weighted by Gasteiger charge is -2.30. The van der Waals surface area contributed by atoms with Crippen molar-refractivity contribution >= 4 is 23.4 Å². The van der Waals surface area contributed by atoms with Crippen LogP contribution in [0.4, 0.5) is 5.69 Å². The summed E-state index contributed by atoms with van der Waals surface area (Å²) in [6, 6.07) is 13.9. The summed E-state index contributed by atoms with van der Waals surface area (Å²) in [6.07, 6.45) is 1.97. The minimum absolute atomic E-state index is 0.115. The van der Waals surface area contributed by atoms with E-state index in [0.29, 0.717) is 12.4 Å². The first-order valence-electron chi connectivity index (χ1n) is 8.55. The second-order valence-corrected chi connectivity index (χ2v) is 6.86. The van der Waals surface area contributed by atoms with Crippen LogP contribution in [-0.2, 0) is 11.2 Å². The molecule has 0 fully saturated rings. The molecule has 0 spiro atoms. The molecule has 0 bridgehead atoms. The quantitative estimate of drug-likeness (QED) is 0.728. The number of aryl methyl sites for hydroxylation is 1. The molecule has 0 aromatic heterocycles. The van der Waals surface area contributed by atoms with Gasteiger partial charge in [-0.3, -0.25) is 4.79 Å². The first kappa shape index (κ1) is 17.7. The highest BCUT2D eigenvalue weighted by atomic mass is 32.2. The number of ether oxygens (including phenoxy) is 2. The zero-order valence-corrected chi connectivity index (χ0v) is 15.5. The second kappa shape index (κ2) is 8.30. The SMILES string of the molecule is CCOc1ccc(SCC(=O)N2CCCc3cccc(OC)c32)cc1. The van der Waals surface area contributed by atoms with E-state index in [9.17, 15) is 4.79 Å². The summed E-state index contributed by atoms with van der Waals surface area (Å²) in [7, 11) is 1.65. The van der Waals surface area contributed by atoms with Crippen molar-refractivity contribution in [1.82, 2.24) is 0 Å². The Hall–Kier alpha value is -2.14. The van der Waals surface area contributed by atoms with Crippen molar-refractivity contribution in [1.29, 1.82) is 0 Å². The van der Waals surface area contributed by atoms with Crippen LogP contribution in [0.1, 0.15) is 18.9 Å². The largest absolute Gasteiger partial charge is 0.495 e. The monoisotopic (exact) mass is 357 g/mol. The topological polar surface area (TPSA) is 38.8 Å². The van der Waals surface area contributed by atoms with Crippen LogP contribution in [0.15, 0.2) is 47.4 Å². The molecule has 5 heteroatoms.